The Morgan fingerprint density at radius 3 is 2.95 bits per heavy atom. The van der Waals surface area contributed by atoms with E-state index in [9.17, 15) is 13.2 Å². The van der Waals surface area contributed by atoms with Crippen LogP contribution in [0.1, 0.15) is 19.8 Å². The fraction of sp³-hybridized carbons (Fsp3) is 0.545. The van der Waals surface area contributed by atoms with Crippen LogP contribution < -0.4 is 0 Å². The number of carbonyl (C=O) groups excluding carboxylic acids is 1. The van der Waals surface area contributed by atoms with Gasteiger partial charge in [-0.3, -0.25) is 4.79 Å². The van der Waals surface area contributed by atoms with Crippen LogP contribution in [0.15, 0.2) is 20.1 Å². The van der Waals surface area contributed by atoms with E-state index >= 15 is 0 Å². The highest BCUT2D eigenvalue weighted by Crippen LogP contribution is 2.34. The maximum atomic E-state index is 12.5. The van der Waals surface area contributed by atoms with Crippen LogP contribution in [0.2, 0.25) is 0 Å². The van der Waals surface area contributed by atoms with Gasteiger partial charge in [-0.1, -0.05) is 0 Å². The van der Waals surface area contributed by atoms with Crippen LogP contribution in [0, 0.1) is 0 Å². The Bertz CT molecular complexity index is 569. The molecule has 1 aromatic heterocycles. The van der Waals surface area contributed by atoms with Crippen LogP contribution in [0.4, 0.5) is 0 Å². The third kappa shape index (κ3) is 2.86. The van der Waals surface area contributed by atoms with Crippen molar-refractivity contribution in [1.29, 1.82) is 0 Å². The molecular formula is C11H14BrNO4S2. The number of nitrogens with zero attached hydrogens (tertiary/aromatic N) is 1. The van der Waals surface area contributed by atoms with Gasteiger partial charge in [-0.05, 0) is 47.1 Å². The summed E-state index contributed by atoms with van der Waals surface area (Å²) in [5.41, 5.74) is 0. The molecule has 1 saturated heterocycles. The van der Waals surface area contributed by atoms with E-state index in [0.717, 1.165) is 11.3 Å². The molecule has 5 nitrogen and oxygen atoms in total. The first kappa shape index (κ1) is 15.0. The summed E-state index contributed by atoms with van der Waals surface area (Å²) >= 11 is 4.37. The Morgan fingerprint density at radius 2 is 2.37 bits per heavy atom. The van der Waals surface area contributed by atoms with E-state index in [4.69, 9.17) is 4.74 Å². The Labute approximate surface area is 124 Å². The van der Waals surface area contributed by atoms with Gasteiger partial charge in [0.05, 0.1) is 6.61 Å². The number of ether oxygens (including phenoxy) is 1. The zero-order valence-electron chi connectivity index (χ0n) is 10.3. The van der Waals surface area contributed by atoms with Crippen molar-refractivity contribution in [3.05, 3.63) is 15.9 Å². The van der Waals surface area contributed by atoms with Crippen molar-refractivity contribution in [1.82, 2.24) is 4.31 Å². The molecule has 2 rings (SSSR count). The minimum absolute atomic E-state index is 0.240. The molecule has 0 saturated carbocycles. The topological polar surface area (TPSA) is 63.7 Å². The number of hydrogen-bond donors (Lipinski definition) is 0. The zero-order chi connectivity index (χ0) is 14.0. The number of sulfonamides is 1. The van der Waals surface area contributed by atoms with Gasteiger partial charge in [0.25, 0.3) is 10.0 Å². The number of halogens is 1. The highest BCUT2D eigenvalue weighted by Gasteiger charge is 2.41. The maximum Gasteiger partial charge on any atom is 0.324 e. The van der Waals surface area contributed by atoms with Gasteiger partial charge in [0.2, 0.25) is 0 Å². The van der Waals surface area contributed by atoms with Gasteiger partial charge >= 0.3 is 5.97 Å². The highest BCUT2D eigenvalue weighted by molar-refractivity contribution is 9.10. The molecule has 106 valence electrons. The second-order valence-corrected chi connectivity index (χ2v) is 7.94. The first-order valence-corrected chi connectivity index (χ1v) is 9.01. The lowest BCUT2D eigenvalue weighted by molar-refractivity contribution is -0.146. The van der Waals surface area contributed by atoms with Crippen molar-refractivity contribution in [2.75, 3.05) is 13.2 Å². The van der Waals surface area contributed by atoms with Gasteiger partial charge in [0.1, 0.15) is 10.3 Å². The van der Waals surface area contributed by atoms with E-state index in [1.165, 1.54) is 4.31 Å². The van der Waals surface area contributed by atoms with Crippen LogP contribution in [0.5, 0.6) is 0 Å². The number of carbonyl (C=O) groups is 1. The number of esters is 1. The summed E-state index contributed by atoms with van der Waals surface area (Å²) in [4.78, 5) is 11.8. The molecule has 0 N–H and O–H groups in total. The summed E-state index contributed by atoms with van der Waals surface area (Å²) in [6.07, 6.45) is 1.19. The standard InChI is InChI=1S/C11H14BrNO4S2/c1-2-17-10(14)9-4-3-6-13(9)19(15,16)11-8(12)5-7-18-11/h5,7,9H,2-4,6H2,1H3. The number of thiophene rings is 1. The molecular weight excluding hydrogens is 354 g/mol. The van der Waals surface area contributed by atoms with E-state index in [-0.39, 0.29) is 10.8 Å². The van der Waals surface area contributed by atoms with Crippen molar-refractivity contribution < 1.29 is 17.9 Å². The summed E-state index contributed by atoms with van der Waals surface area (Å²) in [6.45, 7) is 2.32. The first-order chi connectivity index (χ1) is 8.98. The largest absolute Gasteiger partial charge is 0.465 e. The van der Waals surface area contributed by atoms with E-state index in [1.54, 1.807) is 18.4 Å². The molecule has 8 heteroatoms. The van der Waals surface area contributed by atoms with Crippen molar-refractivity contribution >= 4 is 43.3 Å². The lowest BCUT2D eigenvalue weighted by atomic mass is 10.2. The SMILES string of the molecule is CCOC(=O)C1CCCN1S(=O)(=O)c1sccc1Br. The smallest absolute Gasteiger partial charge is 0.324 e. The van der Waals surface area contributed by atoms with E-state index in [1.807, 2.05) is 0 Å². The Kier molecular flexibility index (Phi) is 4.65. The molecule has 1 aliphatic heterocycles. The molecule has 0 radical (unpaired) electrons. The third-order valence-electron chi connectivity index (χ3n) is 2.89. The Balaban J connectivity index is 2.30. The Morgan fingerprint density at radius 1 is 1.63 bits per heavy atom. The highest BCUT2D eigenvalue weighted by atomic mass is 79.9. The van der Waals surface area contributed by atoms with Gasteiger partial charge in [0.15, 0.2) is 0 Å². The average molecular weight is 368 g/mol. The third-order valence-corrected chi connectivity index (χ3v) is 7.45. The van der Waals surface area contributed by atoms with Crippen molar-refractivity contribution in [3.8, 4) is 0 Å². The summed E-state index contributed by atoms with van der Waals surface area (Å²) in [6, 6.07) is 0.992. The minimum Gasteiger partial charge on any atom is -0.465 e. The average Bonchev–Trinajstić information content (AvgIpc) is 2.97. The van der Waals surface area contributed by atoms with Gasteiger partial charge in [-0.2, -0.15) is 4.31 Å². The van der Waals surface area contributed by atoms with Crippen LogP contribution in [-0.2, 0) is 19.6 Å². The lowest BCUT2D eigenvalue weighted by Crippen LogP contribution is -2.41. The minimum atomic E-state index is -3.63. The molecule has 0 aliphatic carbocycles. The molecule has 0 bridgehead atoms. The normalized spacial score (nSPS) is 20.6. The molecule has 1 fully saturated rings. The van der Waals surface area contributed by atoms with Crippen LogP contribution in [0.25, 0.3) is 0 Å². The lowest BCUT2D eigenvalue weighted by Gasteiger charge is -2.21. The quantitative estimate of drug-likeness (QED) is 0.765. The summed E-state index contributed by atoms with van der Waals surface area (Å²) < 4.78 is 32.0. The van der Waals surface area contributed by atoms with Crippen molar-refractivity contribution in [3.63, 3.8) is 0 Å². The van der Waals surface area contributed by atoms with Gasteiger partial charge in [-0.25, -0.2) is 8.42 Å². The predicted molar refractivity (Wildman–Crippen MR) is 75.6 cm³/mol. The van der Waals surface area contributed by atoms with Crippen LogP contribution in [0.3, 0.4) is 0 Å². The molecule has 1 unspecified atom stereocenters. The molecule has 0 spiro atoms. The fourth-order valence-corrected chi connectivity index (χ4v) is 6.15. The summed E-state index contributed by atoms with van der Waals surface area (Å²) in [5.74, 6) is -0.462. The van der Waals surface area contributed by atoms with E-state index in [0.29, 0.717) is 23.9 Å². The number of rotatable bonds is 4. The van der Waals surface area contributed by atoms with Gasteiger partial charge < -0.3 is 4.74 Å². The van der Waals surface area contributed by atoms with Crippen LogP contribution >= 0.6 is 27.3 Å². The zero-order valence-corrected chi connectivity index (χ0v) is 13.6. The van der Waals surface area contributed by atoms with Gasteiger partial charge in [-0.15, -0.1) is 11.3 Å². The first-order valence-electron chi connectivity index (χ1n) is 5.90. The van der Waals surface area contributed by atoms with Crippen molar-refractivity contribution in [2.45, 2.75) is 30.0 Å². The van der Waals surface area contributed by atoms with E-state index < -0.39 is 22.0 Å². The number of hydrogen-bond acceptors (Lipinski definition) is 5. The molecule has 2 heterocycles. The molecule has 0 amide bonds. The predicted octanol–water partition coefficient (Wildman–Crippen LogP) is 2.23. The molecule has 1 aliphatic rings. The second-order valence-electron chi connectivity index (χ2n) is 4.08. The van der Waals surface area contributed by atoms with E-state index in [2.05, 4.69) is 15.9 Å². The molecule has 1 aromatic rings. The van der Waals surface area contributed by atoms with Crippen molar-refractivity contribution in [2.24, 2.45) is 0 Å². The monoisotopic (exact) mass is 367 g/mol. The summed E-state index contributed by atoms with van der Waals surface area (Å²) in [7, 11) is -3.63. The maximum absolute atomic E-state index is 12.5. The molecule has 19 heavy (non-hydrogen) atoms. The molecule has 1 atom stereocenters. The Hall–Kier alpha value is -0.440. The second kappa shape index (κ2) is 5.90. The molecule has 0 aromatic carbocycles. The summed E-state index contributed by atoms with van der Waals surface area (Å²) in [5, 5.41) is 1.70. The van der Waals surface area contributed by atoms with Crippen LogP contribution in [-0.4, -0.2) is 37.9 Å². The van der Waals surface area contributed by atoms with Gasteiger partial charge in [0, 0.05) is 11.0 Å². The fourth-order valence-electron chi connectivity index (χ4n) is 2.07.